The largest absolute Gasteiger partial charge is 0.264 e. The van der Waals surface area contributed by atoms with E-state index in [0.717, 1.165) is 12.0 Å². The maximum Gasteiger partial charge on any atom is 0.0303 e. The van der Waals surface area contributed by atoms with Crippen molar-refractivity contribution in [1.29, 1.82) is 0 Å². The predicted octanol–water partition coefficient (Wildman–Crippen LogP) is 2.37. The van der Waals surface area contributed by atoms with Crippen LogP contribution < -0.4 is 0 Å². The minimum absolute atomic E-state index is 0.845. The fourth-order valence-electron chi connectivity index (χ4n) is 0.837. The first-order chi connectivity index (χ1) is 5.33. The van der Waals surface area contributed by atoms with Gasteiger partial charge in [0.25, 0.3) is 0 Å². The first-order valence-corrected chi connectivity index (χ1v) is 3.52. The van der Waals surface area contributed by atoms with E-state index in [0.29, 0.717) is 0 Å². The number of nitrogens with zero attached hydrogens (tertiary/aromatic N) is 1. The number of rotatable bonds is 3. The Morgan fingerprint density at radius 2 is 2.45 bits per heavy atom. The fourth-order valence-corrected chi connectivity index (χ4v) is 0.837. The molecule has 0 unspecified atom stereocenters. The van der Waals surface area contributed by atoms with Gasteiger partial charge in [0.1, 0.15) is 0 Å². The number of allylic oxidation sites excluding steroid dienone is 2. The summed E-state index contributed by atoms with van der Waals surface area (Å²) >= 11 is 0. The van der Waals surface area contributed by atoms with E-state index in [1.165, 1.54) is 5.56 Å². The highest BCUT2D eigenvalue weighted by Crippen LogP contribution is 2.04. The van der Waals surface area contributed by atoms with Gasteiger partial charge in [-0.05, 0) is 18.1 Å². The Labute approximate surface area is 67.1 Å². The van der Waals surface area contributed by atoms with Gasteiger partial charge in [-0.2, -0.15) is 0 Å². The maximum absolute atomic E-state index is 4.00. The van der Waals surface area contributed by atoms with Crippen LogP contribution in [0.3, 0.4) is 0 Å². The van der Waals surface area contributed by atoms with Gasteiger partial charge in [-0.1, -0.05) is 30.9 Å². The van der Waals surface area contributed by atoms with Crippen LogP contribution in [0.25, 0.3) is 0 Å². The molecule has 1 aromatic heterocycles. The number of hydrogen-bond acceptors (Lipinski definition) is 1. The van der Waals surface area contributed by atoms with Gasteiger partial charge in [0.15, 0.2) is 0 Å². The highest BCUT2D eigenvalue weighted by atomic mass is 14.6. The third-order valence-electron chi connectivity index (χ3n) is 1.44. The lowest BCUT2D eigenvalue weighted by atomic mass is 10.1. The van der Waals surface area contributed by atoms with E-state index in [1.807, 2.05) is 18.3 Å². The standard InChI is InChI=1S/C10H11N/c1-3-9(2)7-10-5-4-6-11-8-10/h3-6,8H,1-2,7H2. The Hall–Kier alpha value is -1.37. The van der Waals surface area contributed by atoms with Crippen LogP contribution in [0, 0.1) is 0 Å². The molecule has 0 aromatic carbocycles. The van der Waals surface area contributed by atoms with Gasteiger partial charge >= 0.3 is 0 Å². The van der Waals surface area contributed by atoms with Crippen molar-refractivity contribution >= 4 is 0 Å². The Bertz CT molecular complexity index is 249. The summed E-state index contributed by atoms with van der Waals surface area (Å²) in [4.78, 5) is 4.00. The molecule has 0 aliphatic heterocycles. The fraction of sp³-hybridized carbons (Fsp3) is 0.100. The van der Waals surface area contributed by atoms with Crippen molar-refractivity contribution in [3.63, 3.8) is 0 Å². The Balaban J connectivity index is 2.65. The van der Waals surface area contributed by atoms with E-state index >= 15 is 0 Å². The van der Waals surface area contributed by atoms with E-state index in [9.17, 15) is 0 Å². The summed E-state index contributed by atoms with van der Waals surface area (Å²) in [6.45, 7) is 7.46. The molecule has 0 bridgehead atoms. The van der Waals surface area contributed by atoms with Crippen LogP contribution >= 0.6 is 0 Å². The molecule has 1 heterocycles. The van der Waals surface area contributed by atoms with E-state index in [4.69, 9.17) is 0 Å². The van der Waals surface area contributed by atoms with Crippen LogP contribution in [0.15, 0.2) is 49.3 Å². The summed E-state index contributed by atoms with van der Waals surface area (Å²) in [5.74, 6) is 0. The highest BCUT2D eigenvalue weighted by Gasteiger charge is 1.91. The quantitative estimate of drug-likeness (QED) is 0.595. The Kier molecular flexibility index (Phi) is 2.61. The minimum atomic E-state index is 0.845. The lowest BCUT2D eigenvalue weighted by Gasteiger charge is -1.97. The molecular formula is C10H11N. The molecule has 0 saturated carbocycles. The van der Waals surface area contributed by atoms with Crippen LogP contribution in [-0.2, 0) is 6.42 Å². The second-order valence-electron chi connectivity index (χ2n) is 2.40. The van der Waals surface area contributed by atoms with Crippen LogP contribution in [0.1, 0.15) is 5.56 Å². The molecule has 1 rings (SSSR count). The third-order valence-corrected chi connectivity index (χ3v) is 1.44. The Morgan fingerprint density at radius 3 is 3.00 bits per heavy atom. The average Bonchev–Trinajstić information content (AvgIpc) is 2.06. The molecule has 0 N–H and O–H groups in total. The van der Waals surface area contributed by atoms with Crippen molar-refractivity contribution < 1.29 is 0 Å². The zero-order valence-corrected chi connectivity index (χ0v) is 6.46. The molecule has 56 valence electrons. The van der Waals surface area contributed by atoms with Crippen LogP contribution in [0.5, 0.6) is 0 Å². The smallest absolute Gasteiger partial charge is 0.0303 e. The molecule has 11 heavy (non-hydrogen) atoms. The summed E-state index contributed by atoms with van der Waals surface area (Å²) in [5, 5.41) is 0. The normalized spacial score (nSPS) is 9.09. The predicted molar refractivity (Wildman–Crippen MR) is 47.3 cm³/mol. The summed E-state index contributed by atoms with van der Waals surface area (Å²) < 4.78 is 0. The zero-order valence-electron chi connectivity index (χ0n) is 6.46. The van der Waals surface area contributed by atoms with Gasteiger partial charge in [0.2, 0.25) is 0 Å². The van der Waals surface area contributed by atoms with Crippen molar-refractivity contribution in [2.75, 3.05) is 0 Å². The SMILES string of the molecule is C=CC(=C)Cc1cccnc1. The summed E-state index contributed by atoms with van der Waals surface area (Å²) in [5.41, 5.74) is 2.20. The average molecular weight is 145 g/mol. The number of hydrogen-bond donors (Lipinski definition) is 0. The minimum Gasteiger partial charge on any atom is -0.264 e. The molecule has 1 aromatic rings. The van der Waals surface area contributed by atoms with Gasteiger partial charge in [-0.25, -0.2) is 0 Å². The molecule has 0 amide bonds. The third kappa shape index (κ3) is 2.38. The molecular weight excluding hydrogens is 134 g/mol. The van der Waals surface area contributed by atoms with Gasteiger partial charge in [0.05, 0.1) is 0 Å². The first kappa shape index (κ1) is 7.73. The van der Waals surface area contributed by atoms with E-state index in [2.05, 4.69) is 18.1 Å². The van der Waals surface area contributed by atoms with Crippen molar-refractivity contribution in [3.8, 4) is 0 Å². The van der Waals surface area contributed by atoms with Gasteiger partial charge < -0.3 is 0 Å². The van der Waals surface area contributed by atoms with Gasteiger partial charge in [0, 0.05) is 12.4 Å². The number of pyridine rings is 1. The zero-order chi connectivity index (χ0) is 8.10. The molecule has 0 aliphatic carbocycles. The monoisotopic (exact) mass is 145 g/mol. The molecule has 0 radical (unpaired) electrons. The topological polar surface area (TPSA) is 12.9 Å². The van der Waals surface area contributed by atoms with Crippen molar-refractivity contribution in [1.82, 2.24) is 4.98 Å². The second-order valence-corrected chi connectivity index (χ2v) is 2.40. The van der Waals surface area contributed by atoms with Crippen molar-refractivity contribution in [2.45, 2.75) is 6.42 Å². The van der Waals surface area contributed by atoms with Gasteiger partial charge in [-0.3, -0.25) is 4.98 Å². The summed E-state index contributed by atoms with van der Waals surface area (Å²) in [6, 6.07) is 3.95. The van der Waals surface area contributed by atoms with E-state index in [-0.39, 0.29) is 0 Å². The molecule has 0 spiro atoms. The summed E-state index contributed by atoms with van der Waals surface area (Å²) in [7, 11) is 0. The molecule has 1 heteroatoms. The van der Waals surface area contributed by atoms with Crippen molar-refractivity contribution in [3.05, 3.63) is 54.9 Å². The molecule has 0 fully saturated rings. The van der Waals surface area contributed by atoms with Crippen LogP contribution in [-0.4, -0.2) is 4.98 Å². The van der Waals surface area contributed by atoms with Crippen molar-refractivity contribution in [2.24, 2.45) is 0 Å². The van der Waals surface area contributed by atoms with E-state index in [1.54, 1.807) is 12.3 Å². The summed E-state index contributed by atoms with van der Waals surface area (Å²) in [6.07, 6.45) is 6.22. The lowest BCUT2D eigenvalue weighted by molar-refractivity contribution is 1.15. The van der Waals surface area contributed by atoms with Crippen LogP contribution in [0.2, 0.25) is 0 Å². The number of aromatic nitrogens is 1. The van der Waals surface area contributed by atoms with Crippen LogP contribution in [0.4, 0.5) is 0 Å². The second kappa shape index (κ2) is 3.71. The molecule has 0 saturated heterocycles. The molecule has 0 atom stereocenters. The molecule has 1 nitrogen and oxygen atoms in total. The van der Waals surface area contributed by atoms with Gasteiger partial charge in [-0.15, -0.1) is 0 Å². The lowest BCUT2D eigenvalue weighted by Crippen LogP contribution is -1.85. The first-order valence-electron chi connectivity index (χ1n) is 3.52. The van der Waals surface area contributed by atoms with E-state index < -0.39 is 0 Å². The Morgan fingerprint density at radius 1 is 1.64 bits per heavy atom. The highest BCUT2D eigenvalue weighted by molar-refractivity contribution is 5.22. The maximum atomic E-state index is 4.00. The molecule has 0 aliphatic rings.